The van der Waals surface area contributed by atoms with E-state index in [2.05, 4.69) is 6.58 Å². The highest BCUT2D eigenvalue weighted by atomic mass is 35.5. The molecular weight excluding hydrogens is 230 g/mol. The lowest BCUT2D eigenvalue weighted by Gasteiger charge is -2.07. The van der Waals surface area contributed by atoms with Crippen LogP contribution in [0.25, 0.3) is 0 Å². The molecule has 0 aliphatic heterocycles. The summed E-state index contributed by atoms with van der Waals surface area (Å²) >= 11 is 17.4. The summed E-state index contributed by atoms with van der Waals surface area (Å²) < 4.78 is 5.23. The second-order valence-electron chi connectivity index (χ2n) is 2.30. The van der Waals surface area contributed by atoms with Gasteiger partial charge in [-0.3, -0.25) is 0 Å². The number of rotatable bonds is 3. The van der Waals surface area contributed by atoms with Crippen molar-refractivity contribution in [3.63, 3.8) is 0 Å². The molecule has 0 atom stereocenters. The van der Waals surface area contributed by atoms with Crippen molar-refractivity contribution in [2.24, 2.45) is 0 Å². The van der Waals surface area contributed by atoms with E-state index in [0.29, 0.717) is 27.4 Å². The van der Waals surface area contributed by atoms with Crippen LogP contribution in [0.15, 0.2) is 24.8 Å². The van der Waals surface area contributed by atoms with Crippen LogP contribution in [0, 0.1) is 0 Å². The monoisotopic (exact) mass is 236 g/mol. The Morgan fingerprint density at radius 1 is 1.23 bits per heavy atom. The molecule has 0 heterocycles. The average molecular weight is 238 g/mol. The molecular formula is C9H7Cl3O. The standard InChI is InChI=1S/C9H7Cl3O/c1-2-3-13-9-7(11)4-6(10)5-8(9)12/h2,4-5H,1,3H2. The maximum absolute atomic E-state index is 5.84. The van der Waals surface area contributed by atoms with Crippen molar-refractivity contribution in [1.82, 2.24) is 0 Å². The van der Waals surface area contributed by atoms with E-state index < -0.39 is 0 Å². The van der Waals surface area contributed by atoms with Crippen LogP contribution in [-0.4, -0.2) is 6.61 Å². The van der Waals surface area contributed by atoms with Crippen molar-refractivity contribution in [1.29, 1.82) is 0 Å². The summed E-state index contributed by atoms with van der Waals surface area (Å²) in [7, 11) is 0. The largest absolute Gasteiger partial charge is 0.486 e. The predicted octanol–water partition coefficient (Wildman–Crippen LogP) is 4.21. The summed E-state index contributed by atoms with van der Waals surface area (Å²) in [5.41, 5.74) is 0. The molecule has 0 N–H and O–H groups in total. The van der Waals surface area contributed by atoms with Crippen LogP contribution in [0.3, 0.4) is 0 Å². The van der Waals surface area contributed by atoms with Crippen LogP contribution >= 0.6 is 34.8 Å². The SMILES string of the molecule is C=CCOc1c(Cl)cc(Cl)cc1Cl. The third kappa shape index (κ3) is 2.80. The lowest BCUT2D eigenvalue weighted by molar-refractivity contribution is 0.363. The van der Waals surface area contributed by atoms with E-state index in [4.69, 9.17) is 39.5 Å². The topological polar surface area (TPSA) is 9.23 Å². The first-order valence-electron chi connectivity index (χ1n) is 3.53. The van der Waals surface area contributed by atoms with E-state index in [-0.39, 0.29) is 0 Å². The third-order valence-corrected chi connectivity index (χ3v) is 2.09. The molecule has 0 radical (unpaired) electrons. The zero-order valence-electron chi connectivity index (χ0n) is 6.69. The molecule has 1 aromatic rings. The van der Waals surface area contributed by atoms with Crippen LogP contribution in [0.4, 0.5) is 0 Å². The fraction of sp³-hybridized carbons (Fsp3) is 0.111. The van der Waals surface area contributed by atoms with Gasteiger partial charge in [-0.25, -0.2) is 0 Å². The molecule has 4 heteroatoms. The first-order valence-corrected chi connectivity index (χ1v) is 4.66. The second kappa shape index (κ2) is 4.75. The maximum atomic E-state index is 5.84. The van der Waals surface area contributed by atoms with Gasteiger partial charge in [-0.2, -0.15) is 0 Å². The lowest BCUT2D eigenvalue weighted by atomic mass is 10.3. The van der Waals surface area contributed by atoms with Crippen LogP contribution < -0.4 is 4.74 Å². The van der Waals surface area contributed by atoms with Crippen molar-refractivity contribution in [3.05, 3.63) is 39.9 Å². The van der Waals surface area contributed by atoms with Crippen molar-refractivity contribution >= 4 is 34.8 Å². The Hall–Kier alpha value is -0.370. The maximum Gasteiger partial charge on any atom is 0.157 e. The minimum Gasteiger partial charge on any atom is -0.486 e. The van der Waals surface area contributed by atoms with Gasteiger partial charge in [-0.1, -0.05) is 47.5 Å². The molecule has 0 spiro atoms. The molecule has 1 aromatic carbocycles. The number of hydrogen-bond acceptors (Lipinski definition) is 1. The van der Waals surface area contributed by atoms with Gasteiger partial charge in [0.2, 0.25) is 0 Å². The van der Waals surface area contributed by atoms with E-state index in [1.165, 1.54) is 0 Å². The van der Waals surface area contributed by atoms with E-state index in [1.54, 1.807) is 18.2 Å². The molecule has 1 rings (SSSR count). The quantitative estimate of drug-likeness (QED) is 0.716. The minimum absolute atomic E-state index is 0.362. The van der Waals surface area contributed by atoms with Gasteiger partial charge in [0.15, 0.2) is 5.75 Å². The molecule has 0 bridgehead atoms. The number of halogens is 3. The van der Waals surface area contributed by atoms with Crippen LogP contribution in [-0.2, 0) is 0 Å². The number of benzene rings is 1. The molecule has 0 saturated heterocycles. The van der Waals surface area contributed by atoms with E-state index in [1.807, 2.05) is 0 Å². The van der Waals surface area contributed by atoms with Gasteiger partial charge in [0, 0.05) is 5.02 Å². The zero-order valence-corrected chi connectivity index (χ0v) is 8.96. The molecule has 0 aliphatic carbocycles. The molecule has 0 saturated carbocycles. The zero-order chi connectivity index (χ0) is 9.84. The van der Waals surface area contributed by atoms with Gasteiger partial charge in [0.1, 0.15) is 6.61 Å². The summed E-state index contributed by atoms with van der Waals surface area (Å²) in [5.74, 6) is 0.438. The summed E-state index contributed by atoms with van der Waals surface area (Å²) in [5, 5.41) is 1.29. The van der Waals surface area contributed by atoms with Crippen LogP contribution in [0.2, 0.25) is 15.1 Å². The van der Waals surface area contributed by atoms with Gasteiger partial charge < -0.3 is 4.74 Å². The van der Waals surface area contributed by atoms with Crippen LogP contribution in [0.5, 0.6) is 5.75 Å². The molecule has 0 aromatic heterocycles. The average Bonchev–Trinajstić information content (AvgIpc) is 2.02. The normalized spacial score (nSPS) is 9.77. The first kappa shape index (κ1) is 10.7. The van der Waals surface area contributed by atoms with Crippen molar-refractivity contribution < 1.29 is 4.74 Å². The second-order valence-corrected chi connectivity index (χ2v) is 3.55. The van der Waals surface area contributed by atoms with Crippen molar-refractivity contribution in [2.75, 3.05) is 6.61 Å². The molecule has 13 heavy (non-hydrogen) atoms. The minimum atomic E-state index is 0.362. The summed E-state index contributed by atoms with van der Waals surface area (Å²) in [4.78, 5) is 0. The van der Waals surface area contributed by atoms with Gasteiger partial charge in [0.25, 0.3) is 0 Å². The van der Waals surface area contributed by atoms with Gasteiger partial charge in [0.05, 0.1) is 10.0 Å². The fourth-order valence-corrected chi connectivity index (χ4v) is 1.74. The highest BCUT2D eigenvalue weighted by Gasteiger charge is 2.07. The summed E-state index contributed by atoms with van der Waals surface area (Å²) in [6.07, 6.45) is 1.61. The molecule has 0 unspecified atom stereocenters. The van der Waals surface area contributed by atoms with Crippen molar-refractivity contribution in [3.8, 4) is 5.75 Å². The Balaban J connectivity index is 2.98. The molecule has 0 amide bonds. The number of hydrogen-bond donors (Lipinski definition) is 0. The first-order chi connectivity index (χ1) is 6.15. The molecule has 0 aliphatic rings. The molecule has 70 valence electrons. The Morgan fingerprint density at radius 3 is 2.23 bits per heavy atom. The third-order valence-electron chi connectivity index (χ3n) is 1.31. The van der Waals surface area contributed by atoms with Gasteiger partial charge in [-0.05, 0) is 12.1 Å². The summed E-state index contributed by atoms with van der Waals surface area (Å²) in [6, 6.07) is 3.15. The Bertz CT molecular complexity index is 300. The molecule has 0 fully saturated rings. The summed E-state index contributed by atoms with van der Waals surface area (Å²) in [6.45, 7) is 3.88. The Kier molecular flexibility index (Phi) is 3.91. The highest BCUT2D eigenvalue weighted by Crippen LogP contribution is 2.35. The lowest BCUT2D eigenvalue weighted by Crippen LogP contribution is -1.94. The van der Waals surface area contributed by atoms with Crippen LogP contribution in [0.1, 0.15) is 0 Å². The Morgan fingerprint density at radius 2 is 1.77 bits per heavy atom. The van der Waals surface area contributed by atoms with E-state index in [9.17, 15) is 0 Å². The Labute approximate surface area is 91.9 Å². The van der Waals surface area contributed by atoms with Crippen molar-refractivity contribution in [2.45, 2.75) is 0 Å². The van der Waals surface area contributed by atoms with Gasteiger partial charge >= 0.3 is 0 Å². The van der Waals surface area contributed by atoms with E-state index in [0.717, 1.165) is 0 Å². The van der Waals surface area contributed by atoms with Gasteiger partial charge in [-0.15, -0.1) is 0 Å². The molecule has 1 nitrogen and oxygen atoms in total. The highest BCUT2D eigenvalue weighted by molar-refractivity contribution is 6.40. The number of ether oxygens (including phenoxy) is 1. The smallest absolute Gasteiger partial charge is 0.157 e. The predicted molar refractivity (Wildman–Crippen MR) is 57.2 cm³/mol. The van der Waals surface area contributed by atoms with E-state index >= 15 is 0 Å². The fourth-order valence-electron chi connectivity index (χ4n) is 0.809.